The summed E-state index contributed by atoms with van der Waals surface area (Å²) in [5, 5.41) is 1.14. The SMILES string of the molecule is O=C1c2c(cccc2-c2cccc3c2CN=C3)CN1CCc1ccc2ccccc2n1. The van der Waals surface area contributed by atoms with Gasteiger partial charge in [-0.25, -0.2) is 0 Å². The maximum atomic E-state index is 13.4. The van der Waals surface area contributed by atoms with Crippen LogP contribution in [0.25, 0.3) is 22.0 Å². The molecular formula is C27H21N3O. The van der Waals surface area contributed by atoms with Crippen LogP contribution in [0.15, 0.2) is 77.8 Å². The molecule has 0 radical (unpaired) electrons. The van der Waals surface area contributed by atoms with E-state index in [1.807, 2.05) is 35.4 Å². The zero-order valence-electron chi connectivity index (χ0n) is 17.1. The normalized spacial score (nSPS) is 14.3. The molecule has 0 fully saturated rings. The van der Waals surface area contributed by atoms with Gasteiger partial charge in [-0.2, -0.15) is 0 Å². The van der Waals surface area contributed by atoms with E-state index in [2.05, 4.69) is 53.5 Å². The van der Waals surface area contributed by atoms with Crippen LogP contribution in [0.4, 0.5) is 0 Å². The standard InChI is InChI=1S/C27H21N3O/c31-27-26-20(7-4-9-23(26)22-8-3-6-19-15-28-16-24(19)22)17-30(27)14-13-21-12-11-18-5-1-2-10-25(18)29-21/h1-12,15H,13-14,16-17H2. The first-order valence-electron chi connectivity index (χ1n) is 10.7. The van der Waals surface area contributed by atoms with Crippen molar-refractivity contribution < 1.29 is 4.79 Å². The van der Waals surface area contributed by atoms with Crippen LogP contribution < -0.4 is 0 Å². The summed E-state index contributed by atoms with van der Waals surface area (Å²) in [6.45, 7) is 2.00. The average Bonchev–Trinajstić information content (AvgIpc) is 3.42. The van der Waals surface area contributed by atoms with Crippen molar-refractivity contribution in [1.29, 1.82) is 0 Å². The molecule has 2 aliphatic heterocycles. The zero-order chi connectivity index (χ0) is 20.8. The van der Waals surface area contributed by atoms with E-state index in [1.54, 1.807) is 0 Å². The Morgan fingerprint density at radius 3 is 2.71 bits per heavy atom. The Labute approximate surface area is 180 Å². The highest BCUT2D eigenvalue weighted by molar-refractivity contribution is 6.05. The summed E-state index contributed by atoms with van der Waals surface area (Å²) in [4.78, 5) is 24.5. The molecule has 1 aromatic heterocycles. The molecule has 0 atom stereocenters. The molecule has 0 saturated carbocycles. The molecule has 0 bridgehead atoms. The Hall–Kier alpha value is -3.79. The number of nitrogens with zero attached hydrogens (tertiary/aromatic N) is 3. The van der Waals surface area contributed by atoms with Crippen molar-refractivity contribution in [3.63, 3.8) is 0 Å². The van der Waals surface area contributed by atoms with Crippen molar-refractivity contribution in [3.8, 4) is 11.1 Å². The summed E-state index contributed by atoms with van der Waals surface area (Å²) in [5.41, 5.74) is 8.47. The number of carbonyl (C=O) groups is 1. The monoisotopic (exact) mass is 403 g/mol. The van der Waals surface area contributed by atoms with Gasteiger partial charge in [0.05, 0.1) is 17.6 Å². The van der Waals surface area contributed by atoms with Gasteiger partial charge in [0.1, 0.15) is 0 Å². The first-order chi connectivity index (χ1) is 15.3. The van der Waals surface area contributed by atoms with E-state index in [1.165, 1.54) is 5.56 Å². The summed E-state index contributed by atoms with van der Waals surface area (Å²) in [7, 11) is 0. The molecule has 0 aliphatic carbocycles. The first kappa shape index (κ1) is 18.0. The number of aromatic nitrogens is 1. The third-order valence-corrected chi connectivity index (χ3v) is 6.29. The molecular weight excluding hydrogens is 382 g/mol. The van der Waals surface area contributed by atoms with Gasteiger partial charge in [-0.1, -0.05) is 60.7 Å². The van der Waals surface area contributed by atoms with E-state index in [9.17, 15) is 4.79 Å². The number of amides is 1. The van der Waals surface area contributed by atoms with Gasteiger partial charge < -0.3 is 4.90 Å². The summed E-state index contributed by atoms with van der Waals surface area (Å²) < 4.78 is 0. The van der Waals surface area contributed by atoms with Crippen LogP contribution in [0.5, 0.6) is 0 Å². The number of pyridine rings is 1. The number of rotatable bonds is 4. The predicted molar refractivity (Wildman–Crippen MR) is 123 cm³/mol. The van der Waals surface area contributed by atoms with Crippen molar-refractivity contribution in [1.82, 2.24) is 9.88 Å². The molecule has 6 rings (SSSR count). The summed E-state index contributed by atoms with van der Waals surface area (Å²) in [6.07, 6.45) is 2.67. The molecule has 3 aromatic carbocycles. The Kier molecular flexibility index (Phi) is 4.17. The Morgan fingerprint density at radius 1 is 0.871 bits per heavy atom. The van der Waals surface area contributed by atoms with Gasteiger partial charge in [-0.15, -0.1) is 0 Å². The fourth-order valence-corrected chi connectivity index (χ4v) is 4.71. The molecule has 2 aliphatic rings. The van der Waals surface area contributed by atoms with Gasteiger partial charge in [-0.3, -0.25) is 14.8 Å². The molecule has 0 spiro atoms. The molecule has 0 saturated heterocycles. The second kappa shape index (κ2) is 7.17. The van der Waals surface area contributed by atoms with Crippen molar-refractivity contribution in [2.75, 3.05) is 6.54 Å². The first-order valence-corrected chi connectivity index (χ1v) is 10.7. The Balaban J connectivity index is 1.28. The number of hydrogen-bond acceptors (Lipinski definition) is 3. The van der Waals surface area contributed by atoms with Crippen LogP contribution >= 0.6 is 0 Å². The van der Waals surface area contributed by atoms with Crippen LogP contribution in [0.2, 0.25) is 0 Å². The number of para-hydroxylation sites is 1. The number of carbonyl (C=O) groups excluding carboxylic acids is 1. The van der Waals surface area contributed by atoms with E-state index in [-0.39, 0.29) is 5.91 Å². The lowest BCUT2D eigenvalue weighted by atomic mass is 9.92. The van der Waals surface area contributed by atoms with Crippen LogP contribution in [0.1, 0.15) is 32.7 Å². The second-order valence-corrected chi connectivity index (χ2v) is 8.15. The van der Waals surface area contributed by atoms with Crippen molar-refractivity contribution in [2.45, 2.75) is 19.5 Å². The number of aliphatic imine (C=N–C) groups is 1. The van der Waals surface area contributed by atoms with Gasteiger partial charge in [0.25, 0.3) is 5.91 Å². The molecule has 4 nitrogen and oxygen atoms in total. The Bertz CT molecular complexity index is 1370. The molecule has 4 aromatic rings. The van der Waals surface area contributed by atoms with Crippen molar-refractivity contribution in [2.24, 2.45) is 4.99 Å². The zero-order valence-corrected chi connectivity index (χ0v) is 17.1. The maximum Gasteiger partial charge on any atom is 0.255 e. The van der Waals surface area contributed by atoms with E-state index in [0.29, 0.717) is 19.6 Å². The predicted octanol–water partition coefficient (Wildman–Crippen LogP) is 5.03. The third-order valence-electron chi connectivity index (χ3n) is 6.29. The average molecular weight is 403 g/mol. The topological polar surface area (TPSA) is 45.6 Å². The molecule has 3 heterocycles. The van der Waals surface area contributed by atoms with E-state index < -0.39 is 0 Å². The van der Waals surface area contributed by atoms with E-state index >= 15 is 0 Å². The highest BCUT2D eigenvalue weighted by atomic mass is 16.2. The highest BCUT2D eigenvalue weighted by Gasteiger charge is 2.30. The van der Waals surface area contributed by atoms with Gasteiger partial charge in [0, 0.05) is 36.8 Å². The highest BCUT2D eigenvalue weighted by Crippen LogP contribution is 2.36. The quantitative estimate of drug-likeness (QED) is 0.480. The Morgan fingerprint density at radius 2 is 1.74 bits per heavy atom. The largest absolute Gasteiger partial charge is 0.334 e. The fraction of sp³-hybridized carbons (Fsp3) is 0.148. The van der Waals surface area contributed by atoms with Gasteiger partial charge >= 0.3 is 0 Å². The smallest absolute Gasteiger partial charge is 0.255 e. The summed E-state index contributed by atoms with van der Waals surface area (Å²) in [5.74, 6) is 0.114. The minimum atomic E-state index is 0.114. The van der Waals surface area contributed by atoms with Crippen molar-refractivity contribution in [3.05, 3.63) is 101 Å². The minimum Gasteiger partial charge on any atom is -0.334 e. The molecule has 150 valence electrons. The number of fused-ring (bicyclic) bond motifs is 3. The minimum absolute atomic E-state index is 0.114. The van der Waals surface area contributed by atoms with E-state index in [0.717, 1.165) is 50.8 Å². The maximum absolute atomic E-state index is 13.4. The fourth-order valence-electron chi connectivity index (χ4n) is 4.71. The molecule has 0 unspecified atom stereocenters. The van der Waals surface area contributed by atoms with Crippen LogP contribution in [-0.2, 0) is 19.5 Å². The lowest BCUT2D eigenvalue weighted by Gasteiger charge is -2.16. The molecule has 1 amide bonds. The van der Waals surface area contributed by atoms with Crippen LogP contribution in [-0.4, -0.2) is 28.6 Å². The summed E-state index contributed by atoms with van der Waals surface area (Å²) >= 11 is 0. The third kappa shape index (κ3) is 3.03. The number of benzene rings is 3. The molecule has 0 N–H and O–H groups in total. The second-order valence-electron chi connectivity index (χ2n) is 8.15. The van der Waals surface area contributed by atoms with E-state index in [4.69, 9.17) is 4.98 Å². The summed E-state index contributed by atoms with van der Waals surface area (Å²) in [6, 6.07) is 24.7. The van der Waals surface area contributed by atoms with Gasteiger partial charge in [0.15, 0.2) is 0 Å². The van der Waals surface area contributed by atoms with Gasteiger partial charge in [0.2, 0.25) is 0 Å². The lowest BCUT2D eigenvalue weighted by molar-refractivity contribution is 0.0780. The van der Waals surface area contributed by atoms with Crippen LogP contribution in [0.3, 0.4) is 0 Å². The van der Waals surface area contributed by atoms with Crippen molar-refractivity contribution >= 4 is 23.0 Å². The van der Waals surface area contributed by atoms with Gasteiger partial charge in [-0.05, 0) is 39.9 Å². The van der Waals surface area contributed by atoms with Crippen LogP contribution in [0, 0.1) is 0 Å². The molecule has 4 heteroatoms. The lowest BCUT2D eigenvalue weighted by Crippen LogP contribution is -2.26. The number of hydrogen-bond donors (Lipinski definition) is 0. The molecule has 31 heavy (non-hydrogen) atoms.